The molecule has 1 aliphatic rings. The molecule has 0 aromatic carbocycles. The average molecular weight is 237 g/mol. The Morgan fingerprint density at radius 3 is 2.76 bits per heavy atom. The number of hydrogen-bond acceptors (Lipinski definition) is 3. The number of aromatic nitrogens is 2. The lowest BCUT2D eigenvalue weighted by molar-refractivity contribution is 0.176. The standard InChI is InChI=1S/C13H23N3O/c1-9(17)6-7-16-11(3)13(10(2)15-16)8-14-12-4-5-12/h9,12,14,17H,4-8H2,1-3H3. The fraction of sp³-hybridized carbons (Fsp3) is 0.769. The van der Waals surface area contributed by atoms with Gasteiger partial charge in [0, 0.05) is 30.4 Å². The van der Waals surface area contributed by atoms with Crippen LogP contribution in [0.5, 0.6) is 0 Å². The van der Waals surface area contributed by atoms with Crippen molar-refractivity contribution in [2.24, 2.45) is 0 Å². The van der Waals surface area contributed by atoms with Crippen molar-refractivity contribution in [3.05, 3.63) is 17.0 Å². The second kappa shape index (κ2) is 5.19. The van der Waals surface area contributed by atoms with Crippen LogP contribution >= 0.6 is 0 Å². The van der Waals surface area contributed by atoms with Gasteiger partial charge < -0.3 is 10.4 Å². The second-order valence-electron chi connectivity index (χ2n) is 5.17. The molecule has 0 spiro atoms. The van der Waals surface area contributed by atoms with E-state index in [2.05, 4.69) is 24.3 Å². The highest BCUT2D eigenvalue weighted by Crippen LogP contribution is 2.21. The van der Waals surface area contributed by atoms with E-state index in [1.165, 1.54) is 24.1 Å². The van der Waals surface area contributed by atoms with Gasteiger partial charge in [0.2, 0.25) is 0 Å². The quantitative estimate of drug-likeness (QED) is 0.788. The normalized spacial score (nSPS) is 17.4. The predicted molar refractivity (Wildman–Crippen MR) is 67.9 cm³/mol. The molecule has 1 aliphatic carbocycles. The maximum absolute atomic E-state index is 9.31. The van der Waals surface area contributed by atoms with E-state index in [1.54, 1.807) is 0 Å². The zero-order chi connectivity index (χ0) is 12.4. The predicted octanol–water partition coefficient (Wildman–Crippen LogP) is 1.52. The Kier molecular flexibility index (Phi) is 3.84. The summed E-state index contributed by atoms with van der Waals surface area (Å²) in [5.41, 5.74) is 3.67. The number of nitrogens with one attached hydrogen (secondary N) is 1. The van der Waals surface area contributed by atoms with E-state index in [1.807, 2.05) is 11.6 Å². The van der Waals surface area contributed by atoms with Crippen molar-refractivity contribution in [1.29, 1.82) is 0 Å². The maximum atomic E-state index is 9.31. The molecule has 1 aromatic heterocycles. The first-order valence-electron chi connectivity index (χ1n) is 6.52. The molecule has 2 N–H and O–H groups in total. The zero-order valence-corrected chi connectivity index (χ0v) is 11.0. The Bertz CT molecular complexity index is 380. The Morgan fingerprint density at radius 2 is 2.18 bits per heavy atom. The third-order valence-electron chi connectivity index (χ3n) is 3.43. The summed E-state index contributed by atoms with van der Waals surface area (Å²) in [7, 11) is 0. The molecule has 1 fully saturated rings. The Balaban J connectivity index is 1.99. The lowest BCUT2D eigenvalue weighted by atomic mass is 10.2. The molecule has 0 saturated heterocycles. The molecule has 1 atom stereocenters. The fourth-order valence-electron chi connectivity index (χ4n) is 2.05. The molecule has 4 nitrogen and oxygen atoms in total. The first-order valence-corrected chi connectivity index (χ1v) is 6.52. The van der Waals surface area contributed by atoms with Gasteiger partial charge in [-0.05, 0) is 40.0 Å². The molecule has 0 aliphatic heterocycles. The average Bonchev–Trinajstić information content (AvgIpc) is 3.03. The SMILES string of the molecule is Cc1nn(CCC(C)O)c(C)c1CNC1CC1. The first kappa shape index (κ1) is 12.6. The molecule has 1 saturated carbocycles. The van der Waals surface area contributed by atoms with Gasteiger partial charge in [-0.3, -0.25) is 4.68 Å². The van der Waals surface area contributed by atoms with Gasteiger partial charge in [-0.1, -0.05) is 0 Å². The molecule has 1 unspecified atom stereocenters. The topological polar surface area (TPSA) is 50.1 Å². The fourth-order valence-corrected chi connectivity index (χ4v) is 2.05. The second-order valence-corrected chi connectivity index (χ2v) is 5.17. The van der Waals surface area contributed by atoms with Crippen molar-refractivity contribution in [2.75, 3.05) is 0 Å². The summed E-state index contributed by atoms with van der Waals surface area (Å²) in [6.07, 6.45) is 3.13. The van der Waals surface area contributed by atoms with Gasteiger partial charge in [0.25, 0.3) is 0 Å². The van der Waals surface area contributed by atoms with Gasteiger partial charge in [0.05, 0.1) is 11.8 Å². The van der Waals surface area contributed by atoms with Gasteiger partial charge >= 0.3 is 0 Å². The van der Waals surface area contributed by atoms with E-state index in [9.17, 15) is 5.11 Å². The summed E-state index contributed by atoms with van der Waals surface area (Å²) in [4.78, 5) is 0. The highest BCUT2D eigenvalue weighted by molar-refractivity contribution is 5.24. The molecule has 96 valence electrons. The van der Waals surface area contributed by atoms with Crippen LogP contribution in [0.1, 0.15) is 43.1 Å². The summed E-state index contributed by atoms with van der Waals surface area (Å²) in [5.74, 6) is 0. The molecule has 2 rings (SSSR count). The summed E-state index contributed by atoms with van der Waals surface area (Å²) in [6, 6.07) is 0.731. The molecule has 0 bridgehead atoms. The van der Waals surface area contributed by atoms with Crippen molar-refractivity contribution >= 4 is 0 Å². The lowest BCUT2D eigenvalue weighted by Gasteiger charge is -2.07. The molecule has 1 heterocycles. The van der Waals surface area contributed by atoms with E-state index in [-0.39, 0.29) is 6.10 Å². The van der Waals surface area contributed by atoms with Gasteiger partial charge in [-0.2, -0.15) is 5.10 Å². The molecule has 0 amide bonds. The Hall–Kier alpha value is -0.870. The molecular formula is C13H23N3O. The number of nitrogens with zero attached hydrogens (tertiary/aromatic N) is 2. The van der Waals surface area contributed by atoms with Gasteiger partial charge in [-0.25, -0.2) is 0 Å². The van der Waals surface area contributed by atoms with E-state index in [0.29, 0.717) is 0 Å². The summed E-state index contributed by atoms with van der Waals surface area (Å²) in [6.45, 7) is 7.73. The largest absolute Gasteiger partial charge is 0.393 e. The number of aryl methyl sites for hydroxylation is 2. The van der Waals surface area contributed by atoms with Crippen LogP contribution in [0.15, 0.2) is 0 Å². The van der Waals surface area contributed by atoms with Gasteiger partial charge in [0.15, 0.2) is 0 Å². The molecular weight excluding hydrogens is 214 g/mol. The van der Waals surface area contributed by atoms with Crippen LogP contribution in [0.25, 0.3) is 0 Å². The van der Waals surface area contributed by atoms with Gasteiger partial charge in [0.1, 0.15) is 0 Å². The summed E-state index contributed by atoms with van der Waals surface area (Å²) in [5, 5.41) is 17.4. The summed E-state index contributed by atoms with van der Waals surface area (Å²) < 4.78 is 2.02. The van der Waals surface area contributed by atoms with Crippen LogP contribution in [-0.4, -0.2) is 27.0 Å². The van der Waals surface area contributed by atoms with Crippen molar-refractivity contribution in [1.82, 2.24) is 15.1 Å². The zero-order valence-electron chi connectivity index (χ0n) is 11.0. The minimum Gasteiger partial charge on any atom is -0.393 e. The maximum Gasteiger partial charge on any atom is 0.0641 e. The first-order chi connectivity index (χ1) is 8.08. The molecule has 17 heavy (non-hydrogen) atoms. The minimum atomic E-state index is -0.257. The van der Waals surface area contributed by atoms with Crippen LogP contribution < -0.4 is 5.32 Å². The van der Waals surface area contributed by atoms with Crippen LogP contribution in [0.2, 0.25) is 0 Å². The number of rotatable bonds is 6. The van der Waals surface area contributed by atoms with Crippen molar-refractivity contribution in [3.63, 3.8) is 0 Å². The third kappa shape index (κ3) is 3.30. The summed E-state index contributed by atoms with van der Waals surface area (Å²) >= 11 is 0. The highest BCUT2D eigenvalue weighted by atomic mass is 16.3. The van der Waals surface area contributed by atoms with E-state index in [4.69, 9.17) is 0 Å². The molecule has 1 aromatic rings. The van der Waals surface area contributed by atoms with Gasteiger partial charge in [-0.15, -0.1) is 0 Å². The molecule has 4 heteroatoms. The van der Waals surface area contributed by atoms with E-state index < -0.39 is 0 Å². The van der Waals surface area contributed by atoms with Crippen molar-refractivity contribution in [2.45, 2.75) is 65.3 Å². The van der Waals surface area contributed by atoms with E-state index >= 15 is 0 Å². The van der Waals surface area contributed by atoms with Crippen LogP contribution in [-0.2, 0) is 13.1 Å². The number of aliphatic hydroxyl groups is 1. The lowest BCUT2D eigenvalue weighted by Crippen LogP contribution is -2.16. The third-order valence-corrected chi connectivity index (χ3v) is 3.43. The number of aliphatic hydroxyl groups excluding tert-OH is 1. The number of hydrogen-bond donors (Lipinski definition) is 2. The van der Waals surface area contributed by atoms with Crippen LogP contribution in [0, 0.1) is 13.8 Å². The van der Waals surface area contributed by atoms with Crippen LogP contribution in [0.4, 0.5) is 0 Å². The monoisotopic (exact) mass is 237 g/mol. The highest BCUT2D eigenvalue weighted by Gasteiger charge is 2.21. The van der Waals surface area contributed by atoms with Crippen LogP contribution in [0.3, 0.4) is 0 Å². The van der Waals surface area contributed by atoms with Crippen molar-refractivity contribution in [3.8, 4) is 0 Å². The van der Waals surface area contributed by atoms with Crippen molar-refractivity contribution < 1.29 is 5.11 Å². The Labute approximate surface area is 103 Å². The minimum absolute atomic E-state index is 0.257. The Morgan fingerprint density at radius 1 is 1.47 bits per heavy atom. The van der Waals surface area contributed by atoms with E-state index in [0.717, 1.165) is 31.2 Å². The molecule has 0 radical (unpaired) electrons. The smallest absolute Gasteiger partial charge is 0.0641 e.